The predicted molar refractivity (Wildman–Crippen MR) is 146 cm³/mol. The Balaban J connectivity index is 1.22. The first-order valence-corrected chi connectivity index (χ1v) is 15.5. The summed E-state index contributed by atoms with van der Waals surface area (Å²) in [6.07, 6.45) is -34.4. The SMILES string of the molecule is C[C@@H]1O[C@@H](O[C@@H]2[C@@H](O[C@@H]3O[C@@H](C)[C@H](O[C@@H]4OC[C@@H](O)[C@@H](O[C@@H]5OC[C@@H](O)[C@H](O)[C@H]5O)[C@H]4O)[C@@H](O)[C@H]3O)[C@@H](O)OC[C@H]2O)[C@H](O)[C@H](O)[C@H]1O. The van der Waals surface area contributed by atoms with Crippen LogP contribution in [0.4, 0.5) is 0 Å². The molecule has 0 unspecified atom stereocenters. The van der Waals surface area contributed by atoms with Gasteiger partial charge in [-0.25, -0.2) is 0 Å². The van der Waals surface area contributed by atoms with Crippen molar-refractivity contribution >= 4 is 0 Å². The van der Waals surface area contributed by atoms with E-state index in [9.17, 15) is 61.3 Å². The standard InChI is InChI=1S/C27H46O21/c1-6-11(31)13(33)16(36)26(43-6)47-21-10(30)4-40-23(39)22(21)48-27-17(37)14(34)19(7(2)44-27)45-25-18(38)20(9(29)5-42-25)46-24-15(35)12(32)8(28)3-41-24/h6-39H,3-5H2,1-2H3/t6-,7-,8+,9+,10+,11-,12-,13+,14-,15+,16+,17+,18+,19-,20+,21-,22+,23-,24-,25-,26-,27-/m0/s1. The first-order chi connectivity index (χ1) is 22.6. The molecule has 0 aromatic rings. The van der Waals surface area contributed by atoms with Crippen LogP contribution in [0.1, 0.15) is 13.8 Å². The van der Waals surface area contributed by atoms with E-state index in [4.69, 9.17) is 42.6 Å². The number of hydrogen-bond donors (Lipinski definition) is 12. The minimum atomic E-state index is -1.90. The Labute approximate surface area is 273 Å². The van der Waals surface area contributed by atoms with Gasteiger partial charge < -0.3 is 104 Å². The van der Waals surface area contributed by atoms with Gasteiger partial charge >= 0.3 is 0 Å². The largest absolute Gasteiger partial charge is 0.388 e. The van der Waals surface area contributed by atoms with E-state index in [0.717, 1.165) is 0 Å². The minimum Gasteiger partial charge on any atom is -0.388 e. The summed E-state index contributed by atoms with van der Waals surface area (Å²) in [6.45, 7) is 1.51. The maximum atomic E-state index is 11.0. The quantitative estimate of drug-likeness (QED) is 0.111. The molecule has 0 saturated carbocycles. The van der Waals surface area contributed by atoms with Crippen LogP contribution >= 0.6 is 0 Å². The fourth-order valence-corrected chi connectivity index (χ4v) is 6.09. The van der Waals surface area contributed by atoms with Gasteiger partial charge in [-0.15, -0.1) is 0 Å². The molecule has 0 spiro atoms. The zero-order valence-electron chi connectivity index (χ0n) is 25.9. The highest BCUT2D eigenvalue weighted by Gasteiger charge is 2.53. The lowest BCUT2D eigenvalue weighted by atomic mass is 9.98. The third-order valence-electron chi connectivity index (χ3n) is 9.05. The van der Waals surface area contributed by atoms with Crippen LogP contribution < -0.4 is 0 Å². The van der Waals surface area contributed by atoms with Crippen molar-refractivity contribution in [2.75, 3.05) is 19.8 Å². The molecule has 0 bridgehead atoms. The molecule has 5 aliphatic rings. The Morgan fingerprint density at radius 1 is 0.375 bits per heavy atom. The number of hydrogen-bond acceptors (Lipinski definition) is 21. The van der Waals surface area contributed by atoms with Gasteiger partial charge in [0.15, 0.2) is 31.5 Å². The summed E-state index contributed by atoms with van der Waals surface area (Å²) in [7, 11) is 0. The summed E-state index contributed by atoms with van der Waals surface area (Å²) in [5.74, 6) is 0. The average molecular weight is 707 g/mol. The lowest BCUT2D eigenvalue weighted by Gasteiger charge is -2.48. The highest BCUT2D eigenvalue weighted by molar-refractivity contribution is 4.95. The molecule has 5 heterocycles. The zero-order valence-corrected chi connectivity index (χ0v) is 25.9. The molecule has 5 rings (SSSR count). The summed E-state index contributed by atoms with van der Waals surface area (Å²) in [5.41, 5.74) is 0. The molecule has 22 atom stereocenters. The first-order valence-electron chi connectivity index (χ1n) is 15.5. The summed E-state index contributed by atoms with van der Waals surface area (Å²) < 4.78 is 49.5. The summed E-state index contributed by atoms with van der Waals surface area (Å²) in [4.78, 5) is 0. The molecule has 21 heteroatoms. The van der Waals surface area contributed by atoms with Crippen molar-refractivity contribution in [2.45, 2.75) is 149 Å². The smallest absolute Gasteiger partial charge is 0.187 e. The van der Waals surface area contributed by atoms with Gasteiger partial charge in [-0.3, -0.25) is 0 Å². The molecule has 5 saturated heterocycles. The van der Waals surface area contributed by atoms with Gasteiger partial charge in [-0.05, 0) is 13.8 Å². The van der Waals surface area contributed by atoms with Gasteiger partial charge in [-0.2, -0.15) is 0 Å². The van der Waals surface area contributed by atoms with Crippen LogP contribution in [0.3, 0.4) is 0 Å². The summed E-state index contributed by atoms with van der Waals surface area (Å²) >= 11 is 0. The Morgan fingerprint density at radius 3 is 1.50 bits per heavy atom. The van der Waals surface area contributed by atoms with Gasteiger partial charge in [0.05, 0.1) is 32.0 Å². The number of aliphatic hydroxyl groups is 12. The molecule has 5 fully saturated rings. The molecule has 0 aliphatic carbocycles. The van der Waals surface area contributed by atoms with Gasteiger partial charge in [0.1, 0.15) is 91.6 Å². The molecule has 0 aromatic carbocycles. The Kier molecular flexibility index (Phi) is 12.6. The fraction of sp³-hybridized carbons (Fsp3) is 1.00. The normalized spacial score (nSPS) is 55.4. The Hall–Kier alpha value is -0.840. The van der Waals surface area contributed by atoms with E-state index in [1.165, 1.54) is 13.8 Å². The van der Waals surface area contributed by atoms with Gasteiger partial charge in [0, 0.05) is 0 Å². The summed E-state index contributed by atoms with van der Waals surface area (Å²) in [5, 5.41) is 125. The fourth-order valence-electron chi connectivity index (χ4n) is 6.09. The van der Waals surface area contributed by atoms with Crippen LogP contribution in [-0.2, 0) is 42.6 Å². The second kappa shape index (κ2) is 15.8. The molecule has 5 aliphatic heterocycles. The van der Waals surface area contributed by atoms with Gasteiger partial charge in [-0.1, -0.05) is 0 Å². The van der Waals surface area contributed by atoms with Crippen molar-refractivity contribution in [1.82, 2.24) is 0 Å². The van der Waals surface area contributed by atoms with Crippen molar-refractivity contribution < 1.29 is 104 Å². The van der Waals surface area contributed by atoms with Gasteiger partial charge in [0.25, 0.3) is 0 Å². The minimum absolute atomic E-state index is 0.402. The monoisotopic (exact) mass is 706 g/mol. The van der Waals surface area contributed by atoms with E-state index >= 15 is 0 Å². The highest BCUT2D eigenvalue weighted by Crippen LogP contribution is 2.33. The molecule has 48 heavy (non-hydrogen) atoms. The summed E-state index contributed by atoms with van der Waals surface area (Å²) in [6, 6.07) is 0. The first kappa shape index (κ1) is 38.4. The van der Waals surface area contributed by atoms with Crippen molar-refractivity contribution in [2.24, 2.45) is 0 Å². The van der Waals surface area contributed by atoms with Crippen LogP contribution in [0.2, 0.25) is 0 Å². The van der Waals surface area contributed by atoms with Crippen LogP contribution in [0, 0.1) is 0 Å². The van der Waals surface area contributed by atoms with E-state index < -0.39 is 155 Å². The third kappa shape index (κ3) is 7.81. The Bertz CT molecular complexity index is 1030. The second-order valence-electron chi connectivity index (χ2n) is 12.6. The van der Waals surface area contributed by atoms with Crippen molar-refractivity contribution in [3.8, 4) is 0 Å². The number of rotatable bonds is 8. The molecule has 0 aromatic heterocycles. The second-order valence-corrected chi connectivity index (χ2v) is 12.6. The molecular formula is C27H46O21. The number of aliphatic hydroxyl groups excluding tert-OH is 12. The Morgan fingerprint density at radius 2 is 0.833 bits per heavy atom. The molecule has 0 radical (unpaired) electrons. The molecule has 280 valence electrons. The zero-order chi connectivity index (χ0) is 35.2. The van der Waals surface area contributed by atoms with Crippen LogP contribution in [-0.4, -0.2) is 216 Å². The average Bonchev–Trinajstić information content (AvgIpc) is 3.05. The predicted octanol–water partition coefficient (Wildman–Crippen LogP) is -7.95. The van der Waals surface area contributed by atoms with E-state index in [2.05, 4.69) is 0 Å². The molecule has 0 amide bonds. The van der Waals surface area contributed by atoms with Crippen molar-refractivity contribution in [3.05, 3.63) is 0 Å². The maximum absolute atomic E-state index is 11.0. The lowest BCUT2D eigenvalue weighted by Crippen LogP contribution is -2.65. The number of ether oxygens (including phenoxy) is 9. The topological polar surface area (TPSA) is 326 Å². The molecular weight excluding hydrogens is 660 g/mol. The third-order valence-corrected chi connectivity index (χ3v) is 9.05. The molecule has 21 nitrogen and oxygen atoms in total. The highest BCUT2D eigenvalue weighted by atomic mass is 16.8. The van der Waals surface area contributed by atoms with E-state index in [1.807, 2.05) is 0 Å². The van der Waals surface area contributed by atoms with Crippen LogP contribution in [0.15, 0.2) is 0 Å². The van der Waals surface area contributed by atoms with E-state index in [-0.39, 0.29) is 0 Å². The van der Waals surface area contributed by atoms with E-state index in [1.54, 1.807) is 0 Å². The van der Waals surface area contributed by atoms with Crippen molar-refractivity contribution in [1.29, 1.82) is 0 Å². The van der Waals surface area contributed by atoms with E-state index in [0.29, 0.717) is 0 Å². The van der Waals surface area contributed by atoms with Crippen LogP contribution in [0.5, 0.6) is 0 Å². The lowest BCUT2D eigenvalue weighted by molar-refractivity contribution is -0.386. The van der Waals surface area contributed by atoms with Crippen LogP contribution in [0.25, 0.3) is 0 Å². The molecule has 12 N–H and O–H groups in total. The maximum Gasteiger partial charge on any atom is 0.187 e. The van der Waals surface area contributed by atoms with Crippen molar-refractivity contribution in [3.63, 3.8) is 0 Å². The van der Waals surface area contributed by atoms with Gasteiger partial charge in [0.2, 0.25) is 0 Å².